The number of nitrogens with zero attached hydrogens (tertiary/aromatic N) is 1. The summed E-state index contributed by atoms with van der Waals surface area (Å²) in [6, 6.07) is -0.0805. The fourth-order valence-corrected chi connectivity index (χ4v) is 3.63. The average molecular weight is 313 g/mol. The maximum Gasteiger partial charge on any atom is 0.422 e. The molecule has 6 nitrogen and oxygen atoms in total. The number of hydrogen-bond acceptors (Lipinski definition) is 4. The second kappa shape index (κ2) is 7.31. The van der Waals surface area contributed by atoms with Crippen LogP contribution in [0.4, 0.5) is 4.79 Å². The lowest BCUT2D eigenvalue weighted by molar-refractivity contribution is 0.121. The Kier molecular flexibility index (Phi) is 6.35. The van der Waals surface area contributed by atoms with Crippen LogP contribution in [0.3, 0.4) is 0 Å². The van der Waals surface area contributed by atoms with E-state index in [1.54, 1.807) is 13.8 Å². The molecule has 0 aromatic rings. The fourth-order valence-electron chi connectivity index (χ4n) is 2.13. The number of alkyl halides is 1. The summed E-state index contributed by atoms with van der Waals surface area (Å²) in [5.41, 5.74) is 0. The molecule has 0 aliphatic carbocycles. The molecule has 112 valence electrons. The van der Waals surface area contributed by atoms with Crippen LogP contribution < -0.4 is 4.72 Å². The van der Waals surface area contributed by atoms with Gasteiger partial charge >= 0.3 is 16.3 Å². The van der Waals surface area contributed by atoms with Crippen LogP contribution >= 0.6 is 11.6 Å². The number of ether oxygens (including phenoxy) is 1. The average Bonchev–Trinajstić information content (AvgIpc) is 2.72. The lowest BCUT2D eigenvalue weighted by Crippen LogP contribution is -2.46. The summed E-state index contributed by atoms with van der Waals surface area (Å²) in [5.74, 6) is 0.507. The molecular weight excluding hydrogens is 292 g/mol. The molecule has 0 saturated carbocycles. The number of rotatable bonds is 6. The summed E-state index contributed by atoms with van der Waals surface area (Å²) in [5, 5.41) is 0. The van der Waals surface area contributed by atoms with Crippen LogP contribution in [0.5, 0.6) is 0 Å². The van der Waals surface area contributed by atoms with Crippen molar-refractivity contribution >= 4 is 27.9 Å². The molecule has 1 rings (SSSR count). The summed E-state index contributed by atoms with van der Waals surface area (Å²) < 4.78 is 32.2. The van der Waals surface area contributed by atoms with Crippen molar-refractivity contribution in [2.24, 2.45) is 0 Å². The molecule has 19 heavy (non-hydrogen) atoms. The van der Waals surface area contributed by atoms with Crippen LogP contribution in [0.15, 0.2) is 0 Å². The minimum absolute atomic E-state index is 0.0805. The minimum Gasteiger partial charge on any atom is -0.446 e. The normalized spacial score (nSPS) is 20.7. The SMILES string of the molecule is CC(C)OC(=O)NS(=O)(=O)N1CCCC1CCCCl. The molecule has 1 amide bonds. The Labute approximate surface area is 119 Å². The van der Waals surface area contributed by atoms with Crippen molar-refractivity contribution in [3.05, 3.63) is 0 Å². The molecule has 0 aromatic heterocycles. The first-order chi connectivity index (χ1) is 8.86. The standard InChI is InChI=1S/C11H21ClN2O4S/c1-9(2)18-11(15)13-19(16,17)14-8-4-6-10(14)5-3-7-12/h9-10H,3-8H2,1-2H3,(H,13,15). The zero-order valence-electron chi connectivity index (χ0n) is 11.3. The summed E-state index contributed by atoms with van der Waals surface area (Å²) in [7, 11) is -3.82. The molecular formula is C11H21ClN2O4S. The van der Waals surface area contributed by atoms with E-state index in [1.807, 2.05) is 4.72 Å². The molecule has 1 aliphatic heterocycles. The first-order valence-electron chi connectivity index (χ1n) is 6.43. The van der Waals surface area contributed by atoms with Crippen LogP contribution in [0.2, 0.25) is 0 Å². The van der Waals surface area contributed by atoms with Crippen LogP contribution in [0.1, 0.15) is 39.5 Å². The Morgan fingerprint density at radius 2 is 2.21 bits per heavy atom. The van der Waals surface area contributed by atoms with E-state index in [0.29, 0.717) is 18.8 Å². The summed E-state index contributed by atoms with van der Waals surface area (Å²) in [6.45, 7) is 3.74. The van der Waals surface area contributed by atoms with Crippen molar-refractivity contribution in [3.63, 3.8) is 0 Å². The van der Waals surface area contributed by atoms with Crippen molar-refractivity contribution < 1.29 is 17.9 Å². The van der Waals surface area contributed by atoms with Gasteiger partial charge in [-0.05, 0) is 39.5 Å². The molecule has 1 N–H and O–H groups in total. The Hall–Kier alpha value is -0.530. The third-order valence-electron chi connectivity index (χ3n) is 2.86. The first kappa shape index (κ1) is 16.5. The van der Waals surface area contributed by atoms with E-state index in [0.717, 1.165) is 19.3 Å². The Balaban J connectivity index is 2.62. The summed E-state index contributed by atoms with van der Waals surface area (Å²) in [6.07, 6.45) is 1.78. The predicted octanol–water partition coefficient (Wildman–Crippen LogP) is 1.85. The highest BCUT2D eigenvalue weighted by Crippen LogP contribution is 2.24. The molecule has 1 aliphatic rings. The molecule has 0 radical (unpaired) electrons. The van der Waals surface area contributed by atoms with Crippen molar-refractivity contribution in [2.45, 2.75) is 51.7 Å². The van der Waals surface area contributed by atoms with Gasteiger partial charge in [0.1, 0.15) is 0 Å². The highest BCUT2D eigenvalue weighted by molar-refractivity contribution is 7.87. The molecule has 0 aromatic carbocycles. The second-order valence-electron chi connectivity index (χ2n) is 4.80. The van der Waals surface area contributed by atoms with E-state index < -0.39 is 16.3 Å². The smallest absolute Gasteiger partial charge is 0.422 e. The first-order valence-corrected chi connectivity index (χ1v) is 8.40. The third kappa shape index (κ3) is 5.16. The van der Waals surface area contributed by atoms with Crippen molar-refractivity contribution in [1.29, 1.82) is 0 Å². The molecule has 1 heterocycles. The molecule has 1 unspecified atom stereocenters. The van der Waals surface area contributed by atoms with E-state index >= 15 is 0 Å². The van der Waals surface area contributed by atoms with Crippen molar-refractivity contribution in [3.8, 4) is 0 Å². The van der Waals surface area contributed by atoms with Crippen LogP contribution in [0.25, 0.3) is 0 Å². The highest BCUT2D eigenvalue weighted by Gasteiger charge is 2.35. The van der Waals surface area contributed by atoms with Gasteiger partial charge in [0, 0.05) is 18.5 Å². The van der Waals surface area contributed by atoms with Gasteiger partial charge in [-0.25, -0.2) is 9.52 Å². The van der Waals surface area contributed by atoms with Crippen LogP contribution in [-0.2, 0) is 14.9 Å². The van der Waals surface area contributed by atoms with E-state index in [1.165, 1.54) is 4.31 Å². The minimum atomic E-state index is -3.82. The van der Waals surface area contributed by atoms with E-state index in [-0.39, 0.29) is 12.1 Å². The summed E-state index contributed by atoms with van der Waals surface area (Å²) >= 11 is 5.63. The molecule has 0 bridgehead atoms. The maximum atomic E-state index is 12.1. The number of nitrogens with one attached hydrogen (secondary N) is 1. The lowest BCUT2D eigenvalue weighted by atomic mass is 10.1. The topological polar surface area (TPSA) is 75.7 Å². The molecule has 1 saturated heterocycles. The van der Waals surface area contributed by atoms with Gasteiger partial charge in [0.2, 0.25) is 0 Å². The molecule has 0 spiro atoms. The molecule has 1 atom stereocenters. The molecule has 8 heteroatoms. The Morgan fingerprint density at radius 1 is 1.53 bits per heavy atom. The highest BCUT2D eigenvalue weighted by atomic mass is 35.5. The predicted molar refractivity (Wildman–Crippen MR) is 73.4 cm³/mol. The van der Waals surface area contributed by atoms with Gasteiger partial charge < -0.3 is 4.74 Å². The van der Waals surface area contributed by atoms with Crippen molar-refractivity contribution in [1.82, 2.24) is 9.03 Å². The van der Waals surface area contributed by atoms with Crippen LogP contribution in [0, 0.1) is 0 Å². The van der Waals surface area contributed by atoms with Crippen molar-refractivity contribution in [2.75, 3.05) is 12.4 Å². The Bertz CT molecular complexity index is 399. The number of halogens is 1. The Morgan fingerprint density at radius 3 is 2.79 bits per heavy atom. The number of amides is 1. The van der Waals surface area contributed by atoms with Gasteiger partial charge in [-0.1, -0.05) is 0 Å². The van der Waals surface area contributed by atoms with E-state index in [2.05, 4.69) is 0 Å². The summed E-state index contributed by atoms with van der Waals surface area (Å²) in [4.78, 5) is 11.4. The van der Waals surface area contributed by atoms with E-state index in [4.69, 9.17) is 16.3 Å². The van der Waals surface area contributed by atoms with Gasteiger partial charge in [-0.3, -0.25) is 0 Å². The number of hydrogen-bond donors (Lipinski definition) is 1. The van der Waals surface area contributed by atoms with Gasteiger partial charge in [0.25, 0.3) is 0 Å². The van der Waals surface area contributed by atoms with Gasteiger partial charge in [0.05, 0.1) is 6.10 Å². The largest absolute Gasteiger partial charge is 0.446 e. The van der Waals surface area contributed by atoms with Crippen LogP contribution in [-0.4, -0.2) is 43.4 Å². The quantitative estimate of drug-likeness (QED) is 0.759. The number of carbonyl (C=O) groups is 1. The second-order valence-corrected chi connectivity index (χ2v) is 6.80. The maximum absolute atomic E-state index is 12.1. The molecule has 1 fully saturated rings. The van der Waals surface area contributed by atoms with Gasteiger partial charge in [-0.2, -0.15) is 12.7 Å². The van der Waals surface area contributed by atoms with E-state index in [9.17, 15) is 13.2 Å². The fraction of sp³-hybridized carbons (Fsp3) is 0.909. The van der Waals surface area contributed by atoms with Gasteiger partial charge in [-0.15, -0.1) is 11.6 Å². The number of carbonyl (C=O) groups excluding carboxylic acids is 1. The zero-order valence-corrected chi connectivity index (χ0v) is 12.8. The lowest BCUT2D eigenvalue weighted by Gasteiger charge is -2.23. The zero-order chi connectivity index (χ0) is 14.5. The third-order valence-corrected chi connectivity index (χ3v) is 4.65. The monoisotopic (exact) mass is 312 g/mol. The van der Waals surface area contributed by atoms with Gasteiger partial charge in [0.15, 0.2) is 0 Å².